The molecule has 0 bridgehead atoms. The van der Waals surface area contributed by atoms with Crippen LogP contribution < -0.4 is 9.47 Å². The van der Waals surface area contributed by atoms with Crippen molar-refractivity contribution in [3.63, 3.8) is 0 Å². The molecule has 0 spiro atoms. The summed E-state index contributed by atoms with van der Waals surface area (Å²) in [6, 6.07) is 88.2. The molecule has 0 saturated heterocycles. The van der Waals surface area contributed by atoms with Crippen LogP contribution in [0.2, 0.25) is 0 Å². The quantitative estimate of drug-likeness (QED) is 0.0948. The Balaban J connectivity index is 0.000000180. The SMILES string of the molecule is COc1ccnc(-c2[c-]ccs2)c1.COc1ccnc(-c2[c-]ccs2)c1.FC(F)(F)c1ccc(-c2[c-]ccs2)nc1.FC(F)(F)c1ccc(-c2[c-]ccs2)nc1.[Pt+2].[Pt+2].[Pt+2].[Pt+2].[c-]1c(-c2ccccn2)sc2ccccc12.[c-]1c(-c2ccccn2)sc2ccccc12.[c-]1ccccc1-c1cnccn1.[c-]1ccccc1-c1cnccn1. The van der Waals surface area contributed by atoms with Crippen LogP contribution in [0, 0.1) is 48.5 Å². The van der Waals surface area contributed by atoms with Crippen molar-refractivity contribution in [2.75, 3.05) is 14.2 Å². The number of pyridine rings is 6. The van der Waals surface area contributed by atoms with Crippen molar-refractivity contribution in [3.8, 4) is 97.4 Å². The van der Waals surface area contributed by atoms with Gasteiger partial charge in [-0.15, -0.1) is 140 Å². The van der Waals surface area contributed by atoms with Crippen LogP contribution in [0.4, 0.5) is 26.3 Å². The van der Waals surface area contributed by atoms with E-state index in [0.717, 1.165) is 111 Å². The Labute approximate surface area is 736 Å². The average molecular weight is 2350 g/mol. The zero-order valence-corrected chi connectivity index (χ0v) is 73.1. The second kappa shape index (κ2) is 48.1. The van der Waals surface area contributed by atoms with Gasteiger partial charge in [-0.2, -0.15) is 74.9 Å². The van der Waals surface area contributed by atoms with E-state index in [-0.39, 0.29) is 84.3 Å². The summed E-state index contributed by atoms with van der Waals surface area (Å²) in [6.07, 6.45) is 10.2. The van der Waals surface area contributed by atoms with Crippen molar-refractivity contribution in [2.24, 2.45) is 0 Å². The van der Waals surface area contributed by atoms with Crippen molar-refractivity contribution in [2.45, 2.75) is 12.4 Å². The van der Waals surface area contributed by atoms with Gasteiger partial charge in [0.2, 0.25) is 0 Å². The third-order valence-corrected chi connectivity index (χ3v) is 20.0. The fraction of sp³-hybridized carbons (Fsp3) is 0.0465. The third kappa shape index (κ3) is 28.5. The van der Waals surface area contributed by atoms with Crippen LogP contribution >= 0.6 is 68.0 Å². The zero-order valence-electron chi connectivity index (χ0n) is 59.1. The normalized spacial score (nSPS) is 10.2. The van der Waals surface area contributed by atoms with Gasteiger partial charge in [0, 0.05) is 97.1 Å². The van der Waals surface area contributed by atoms with Crippen LogP contribution in [0.15, 0.2) is 302 Å². The Hall–Kier alpha value is -9.41. The number of aromatic nitrogens is 10. The predicted octanol–water partition coefficient (Wildman–Crippen LogP) is 23.9. The summed E-state index contributed by atoms with van der Waals surface area (Å²) in [5.74, 6) is 1.65. The molecule has 18 rings (SSSR count). The number of hydrogen-bond donors (Lipinski definition) is 0. The zero-order chi connectivity index (χ0) is 76.6. The van der Waals surface area contributed by atoms with Crippen LogP contribution in [0.5, 0.6) is 11.5 Å². The van der Waals surface area contributed by atoms with Gasteiger partial charge in [-0.3, -0.25) is 9.97 Å². The molecule has 14 aromatic heterocycles. The molecule has 0 amide bonds. The van der Waals surface area contributed by atoms with Gasteiger partial charge in [0.25, 0.3) is 0 Å². The second-order valence-electron chi connectivity index (χ2n) is 21.9. The van der Waals surface area contributed by atoms with E-state index in [1.807, 2.05) is 157 Å². The van der Waals surface area contributed by atoms with Crippen LogP contribution in [0.1, 0.15) is 11.1 Å². The summed E-state index contributed by atoms with van der Waals surface area (Å²) in [7, 11) is 3.30. The Kier molecular flexibility index (Phi) is 38.7. The number of nitrogens with zero attached hydrogens (tertiary/aromatic N) is 10. The molecule has 4 aromatic carbocycles. The van der Waals surface area contributed by atoms with Crippen LogP contribution in [-0.4, -0.2) is 64.1 Å². The molecule has 0 unspecified atom stereocenters. The first kappa shape index (κ1) is 91.8. The number of alkyl halides is 6. The minimum absolute atomic E-state index is 0. The average Bonchev–Trinajstić information content (AvgIpc) is 1.52. The molecular weight excluding hydrogens is 2290 g/mol. The Morgan fingerprint density at radius 3 is 0.947 bits per heavy atom. The number of benzene rings is 4. The molecule has 0 radical (unpaired) electrons. The fourth-order valence-electron chi connectivity index (χ4n) is 9.28. The molecule has 0 fully saturated rings. The Bertz CT molecular complexity index is 5120. The minimum Gasteiger partial charge on any atom is -0.498 e. The van der Waals surface area contributed by atoms with Crippen molar-refractivity contribution in [3.05, 3.63) is 362 Å². The number of thiophene rings is 6. The van der Waals surface area contributed by atoms with Crippen molar-refractivity contribution >= 4 is 88.2 Å². The third-order valence-electron chi connectivity index (χ3n) is 14.5. The topological polar surface area (TPSA) is 147 Å². The van der Waals surface area contributed by atoms with Crippen LogP contribution in [0.3, 0.4) is 0 Å². The first-order chi connectivity index (χ1) is 53.7. The molecule has 0 saturated carbocycles. The van der Waals surface area contributed by atoms with Crippen LogP contribution in [-0.2, 0) is 96.6 Å². The Morgan fingerprint density at radius 2 is 0.649 bits per heavy atom. The molecule has 0 atom stereocenters. The molecule has 0 aliphatic rings. The monoisotopic (exact) mass is 2350 g/mol. The predicted molar refractivity (Wildman–Crippen MR) is 429 cm³/mol. The molecule has 0 N–H and O–H groups in total. The van der Waals surface area contributed by atoms with Gasteiger partial charge < -0.3 is 49.3 Å². The maximum atomic E-state index is 12.2. The van der Waals surface area contributed by atoms with Crippen molar-refractivity contribution < 1.29 is 120 Å². The first-order valence-corrected chi connectivity index (χ1v) is 37.9. The largest absolute Gasteiger partial charge is 2.00 e. The molecule has 14 heterocycles. The van der Waals surface area contributed by atoms with Gasteiger partial charge in [-0.05, 0) is 78.3 Å². The smallest absolute Gasteiger partial charge is 0.498 e. The van der Waals surface area contributed by atoms with E-state index in [2.05, 4.69) is 135 Å². The molecule has 28 heteroatoms. The van der Waals surface area contributed by atoms with Gasteiger partial charge in [0.1, 0.15) is 11.5 Å². The van der Waals surface area contributed by atoms with E-state index in [1.54, 1.807) is 132 Å². The van der Waals surface area contributed by atoms with Gasteiger partial charge in [0.15, 0.2) is 0 Å². The first-order valence-electron chi connectivity index (χ1n) is 32.7. The molecule has 18 aromatic rings. The molecular formula is C86H56F6N10O2Pt4S6. The standard InChI is InChI=1S/2C13H8NS.2C10H5F3NS.2C10H7N2.2C10H8NOS.4Pt/c2*1-2-7-12-10(5-1)9-13(15-12)11-6-3-4-8-14-11;2*11-10(12,13)7-3-4-8(14-6-7)9-2-1-5-15-9;2*1-2-4-9(5-3-1)10-8-11-6-7-12-10;2*1-12-8-4-5-11-9(7-8)10-3-2-6-13-10;;;;/h2*1-8H;2*1,3-6H;2*1-4,6-8H;2*2,4-7H,1H3;;;;/q8*-1;4*+2. The number of ether oxygens (including phenoxy) is 2. The Morgan fingerprint density at radius 1 is 0.298 bits per heavy atom. The maximum absolute atomic E-state index is 12.2. The van der Waals surface area contributed by atoms with Gasteiger partial charge in [0.05, 0.1) is 25.3 Å². The summed E-state index contributed by atoms with van der Waals surface area (Å²) in [6.45, 7) is 0. The van der Waals surface area contributed by atoms with Crippen LogP contribution in [0.25, 0.3) is 106 Å². The molecule has 580 valence electrons. The summed E-state index contributed by atoms with van der Waals surface area (Å²) in [5, 5.41) is 9.90. The van der Waals surface area contributed by atoms with E-state index in [4.69, 9.17) is 9.47 Å². The molecule has 0 aliphatic heterocycles. The number of hydrogen-bond acceptors (Lipinski definition) is 18. The van der Waals surface area contributed by atoms with Crippen molar-refractivity contribution in [1.82, 2.24) is 49.8 Å². The number of halogens is 6. The maximum Gasteiger partial charge on any atom is 2.00 e. The summed E-state index contributed by atoms with van der Waals surface area (Å²) < 4.78 is 86.0. The molecule has 114 heavy (non-hydrogen) atoms. The van der Waals surface area contributed by atoms with Gasteiger partial charge >= 0.3 is 96.6 Å². The number of rotatable bonds is 10. The minimum atomic E-state index is -4.33. The van der Waals surface area contributed by atoms with E-state index >= 15 is 0 Å². The fourth-order valence-corrected chi connectivity index (χ4v) is 13.8. The molecule has 0 aliphatic carbocycles. The summed E-state index contributed by atoms with van der Waals surface area (Å²) in [4.78, 5) is 46.6. The van der Waals surface area contributed by atoms with E-state index < -0.39 is 23.5 Å². The number of fused-ring (bicyclic) bond motifs is 2. The van der Waals surface area contributed by atoms with E-state index in [9.17, 15) is 26.3 Å². The number of methoxy groups -OCH3 is 2. The summed E-state index contributed by atoms with van der Waals surface area (Å²) >= 11 is 9.49. The van der Waals surface area contributed by atoms with E-state index in [1.165, 1.54) is 55.0 Å². The second-order valence-corrected chi connectivity index (χ2v) is 27.6. The van der Waals surface area contributed by atoms with Gasteiger partial charge in [-0.1, -0.05) is 92.3 Å². The van der Waals surface area contributed by atoms with E-state index in [0.29, 0.717) is 11.4 Å². The van der Waals surface area contributed by atoms with Crippen molar-refractivity contribution in [1.29, 1.82) is 0 Å². The molecule has 12 nitrogen and oxygen atoms in total. The summed E-state index contributed by atoms with van der Waals surface area (Å²) in [5.41, 5.74) is 7.05. The van der Waals surface area contributed by atoms with Gasteiger partial charge in [-0.25, -0.2) is 68.0 Å².